The van der Waals surface area contributed by atoms with Crippen LogP contribution < -0.4 is 9.47 Å². The molecule has 0 aliphatic rings. The van der Waals surface area contributed by atoms with Crippen molar-refractivity contribution < 1.29 is 34.0 Å². The predicted molar refractivity (Wildman–Crippen MR) is 124 cm³/mol. The van der Waals surface area contributed by atoms with Gasteiger partial charge < -0.3 is 24.4 Å². The van der Waals surface area contributed by atoms with Crippen molar-refractivity contribution in [3.05, 3.63) is 70.3 Å². The van der Waals surface area contributed by atoms with Crippen molar-refractivity contribution in [3.8, 4) is 11.5 Å². The first-order valence-corrected chi connectivity index (χ1v) is 9.78. The number of ether oxygens (including phenoxy) is 4. The van der Waals surface area contributed by atoms with Crippen molar-refractivity contribution in [3.63, 3.8) is 0 Å². The van der Waals surface area contributed by atoms with Crippen LogP contribution in [0.3, 0.4) is 0 Å². The third-order valence-corrected chi connectivity index (χ3v) is 4.56. The van der Waals surface area contributed by atoms with Crippen LogP contribution in [0.25, 0.3) is 0 Å². The van der Waals surface area contributed by atoms with Crippen molar-refractivity contribution in [2.75, 3.05) is 27.8 Å². The highest BCUT2D eigenvalue weighted by Crippen LogP contribution is 2.27. The molecule has 0 aromatic heterocycles. The van der Waals surface area contributed by atoms with Crippen molar-refractivity contribution in [1.29, 1.82) is 0 Å². The highest BCUT2D eigenvalue weighted by Gasteiger charge is 2.09. The van der Waals surface area contributed by atoms with Gasteiger partial charge in [0.15, 0.2) is 13.6 Å². The molecule has 7 nitrogen and oxygen atoms in total. The molecule has 0 unspecified atom stereocenters. The molecule has 178 valence electrons. The van der Waals surface area contributed by atoms with E-state index in [1.807, 2.05) is 19.9 Å². The van der Waals surface area contributed by atoms with E-state index in [0.29, 0.717) is 6.79 Å². The second-order valence-electron chi connectivity index (χ2n) is 6.84. The van der Waals surface area contributed by atoms with Crippen LogP contribution >= 0.6 is 0 Å². The second-order valence-corrected chi connectivity index (χ2v) is 6.84. The van der Waals surface area contributed by atoms with Crippen LogP contribution in [0.5, 0.6) is 11.5 Å². The first-order chi connectivity index (χ1) is 14.8. The summed E-state index contributed by atoms with van der Waals surface area (Å²) in [5.74, 6) is 1.87. The van der Waals surface area contributed by atoms with Crippen molar-refractivity contribution in [1.82, 2.24) is 0 Å². The zero-order valence-electron chi connectivity index (χ0n) is 20.2. The minimum atomic E-state index is 0. The first kappa shape index (κ1) is 31.2. The van der Waals surface area contributed by atoms with E-state index in [1.165, 1.54) is 22.3 Å². The van der Waals surface area contributed by atoms with Gasteiger partial charge >= 0.3 is 6.15 Å². The smallest absolute Gasteiger partial charge is 0.373 e. The van der Waals surface area contributed by atoms with Crippen LogP contribution in [0.2, 0.25) is 0 Å². The molecule has 2 rings (SSSR count). The first-order valence-electron chi connectivity index (χ1n) is 9.78. The van der Waals surface area contributed by atoms with E-state index in [2.05, 4.69) is 51.6 Å². The highest BCUT2D eigenvalue weighted by molar-refractivity contribution is 5.46. The van der Waals surface area contributed by atoms with Gasteiger partial charge in [0, 0.05) is 19.8 Å². The van der Waals surface area contributed by atoms with Gasteiger partial charge in [-0.1, -0.05) is 30.3 Å². The minimum absolute atomic E-state index is 0. The maximum atomic E-state index is 8.12. The molecule has 0 bridgehead atoms. The van der Waals surface area contributed by atoms with Gasteiger partial charge in [-0.05, 0) is 68.9 Å². The summed E-state index contributed by atoms with van der Waals surface area (Å²) in [7, 11) is 3.25. The number of allylic oxidation sites excluding steroid dienone is 1. The summed E-state index contributed by atoms with van der Waals surface area (Å²) in [4.78, 5) is 16.2. The van der Waals surface area contributed by atoms with Crippen molar-refractivity contribution >= 4 is 6.15 Å². The highest BCUT2D eigenvalue weighted by atomic mass is 16.7. The van der Waals surface area contributed by atoms with Crippen molar-refractivity contribution in [2.45, 2.75) is 41.0 Å². The molecule has 32 heavy (non-hydrogen) atoms. The summed E-state index contributed by atoms with van der Waals surface area (Å²) < 4.78 is 20.9. The normalized spacial score (nSPS) is 9.09. The molecule has 2 aromatic rings. The molecule has 0 radical (unpaired) electrons. The van der Waals surface area contributed by atoms with E-state index in [4.69, 9.17) is 28.5 Å². The molecule has 0 atom stereocenters. The molecule has 2 aromatic carbocycles. The predicted octanol–water partition coefficient (Wildman–Crippen LogP) is 4.20. The number of hydrogen-bond donors (Lipinski definition) is 0. The third kappa shape index (κ3) is 10.4. The van der Waals surface area contributed by atoms with Crippen LogP contribution in [0.1, 0.15) is 33.4 Å². The van der Waals surface area contributed by atoms with Gasteiger partial charge in [-0.3, -0.25) is 0 Å². The maximum absolute atomic E-state index is 8.12. The summed E-state index contributed by atoms with van der Waals surface area (Å²) in [6.07, 6.45) is 2.97. The van der Waals surface area contributed by atoms with E-state index in [1.54, 1.807) is 14.2 Å². The average Bonchev–Trinajstić information content (AvgIpc) is 2.74. The van der Waals surface area contributed by atoms with Crippen LogP contribution in [0, 0.1) is 34.6 Å². The molecular formula is C25H36O7. The molecule has 0 saturated heterocycles. The zero-order chi connectivity index (χ0) is 23.8. The topological polar surface area (TPSA) is 103 Å². The Labute approximate surface area is 191 Å². The average molecular weight is 449 g/mol. The van der Waals surface area contributed by atoms with Crippen LogP contribution in [0.4, 0.5) is 0 Å². The molecule has 0 amide bonds. The van der Waals surface area contributed by atoms with Gasteiger partial charge in [0.1, 0.15) is 11.5 Å². The van der Waals surface area contributed by atoms with Crippen LogP contribution in [-0.2, 0) is 25.5 Å². The lowest BCUT2D eigenvalue weighted by atomic mass is 10.0. The fourth-order valence-corrected chi connectivity index (χ4v) is 2.83. The molecular weight excluding hydrogens is 412 g/mol. The lowest BCUT2D eigenvalue weighted by Crippen LogP contribution is -2.04. The van der Waals surface area contributed by atoms with Gasteiger partial charge in [-0.15, -0.1) is 6.58 Å². The Morgan fingerprint density at radius 3 is 1.66 bits per heavy atom. The van der Waals surface area contributed by atoms with Crippen molar-refractivity contribution in [2.24, 2.45) is 0 Å². The van der Waals surface area contributed by atoms with E-state index in [0.717, 1.165) is 29.0 Å². The monoisotopic (exact) mass is 448 g/mol. The number of benzene rings is 2. The Bertz CT molecular complexity index is 854. The number of rotatable bonds is 8. The molecule has 0 saturated carbocycles. The Balaban J connectivity index is 0. The molecule has 0 aliphatic heterocycles. The molecule has 0 fully saturated rings. The summed E-state index contributed by atoms with van der Waals surface area (Å²) in [5, 5.41) is 0. The second kappa shape index (κ2) is 17.7. The standard InChI is InChI=1S/C13H18O2.C11H16O2.CO2.H2O/c1-5-6-12-10(2)7-8-11(3)13(12)15-9-14-4;1-8-5-6-9(2)11(10(8)3)13-7-12-4;2-1-3;/h5,7-8H,1,6,9H2,2-4H3;5-6H,7H2,1-4H3;;1H2. The molecule has 2 N–H and O–H groups in total. The molecule has 0 aliphatic carbocycles. The fourth-order valence-electron chi connectivity index (χ4n) is 2.83. The van der Waals surface area contributed by atoms with Gasteiger partial charge in [0.05, 0.1) is 0 Å². The molecule has 0 heterocycles. The Hall–Kier alpha value is -2.96. The number of methoxy groups -OCH3 is 2. The number of aryl methyl sites for hydroxylation is 4. The van der Waals surface area contributed by atoms with Gasteiger partial charge in [0.25, 0.3) is 0 Å². The fraction of sp³-hybridized carbons (Fsp3) is 0.400. The van der Waals surface area contributed by atoms with Gasteiger partial charge in [0.2, 0.25) is 0 Å². The third-order valence-electron chi connectivity index (χ3n) is 4.56. The largest absolute Gasteiger partial charge is 0.467 e. The lowest BCUT2D eigenvalue weighted by Gasteiger charge is -2.14. The zero-order valence-corrected chi connectivity index (χ0v) is 20.2. The van der Waals surface area contributed by atoms with Gasteiger partial charge in [-0.2, -0.15) is 9.59 Å². The maximum Gasteiger partial charge on any atom is 0.373 e. The summed E-state index contributed by atoms with van der Waals surface area (Å²) in [6.45, 7) is 14.7. The Kier molecular flexibility index (Phi) is 17.3. The van der Waals surface area contributed by atoms with Gasteiger partial charge in [-0.25, -0.2) is 0 Å². The quantitative estimate of drug-likeness (QED) is 0.443. The molecule has 0 spiro atoms. The number of hydrogen-bond acceptors (Lipinski definition) is 6. The lowest BCUT2D eigenvalue weighted by molar-refractivity contribution is -0.191. The SMILES string of the molecule is C=CCc1c(C)ccc(C)c1OCOC.COCOc1c(C)ccc(C)c1C.O.O=C=O. The van der Waals surface area contributed by atoms with E-state index < -0.39 is 0 Å². The Morgan fingerprint density at radius 2 is 1.19 bits per heavy atom. The summed E-state index contributed by atoms with van der Waals surface area (Å²) in [5.41, 5.74) is 7.15. The number of carbonyl (C=O) groups excluding carboxylic acids is 2. The van der Waals surface area contributed by atoms with E-state index in [9.17, 15) is 0 Å². The molecule has 7 heteroatoms. The van der Waals surface area contributed by atoms with Crippen LogP contribution in [0.15, 0.2) is 36.9 Å². The minimum Gasteiger partial charge on any atom is -0.467 e. The van der Waals surface area contributed by atoms with Crippen LogP contribution in [-0.4, -0.2) is 39.4 Å². The van der Waals surface area contributed by atoms with E-state index in [-0.39, 0.29) is 18.4 Å². The summed E-state index contributed by atoms with van der Waals surface area (Å²) >= 11 is 0. The summed E-state index contributed by atoms with van der Waals surface area (Å²) in [6, 6.07) is 8.33. The van der Waals surface area contributed by atoms with E-state index >= 15 is 0 Å². The Morgan fingerprint density at radius 1 is 0.781 bits per heavy atom.